The molecule has 1 aliphatic rings. The summed E-state index contributed by atoms with van der Waals surface area (Å²) in [5.74, 6) is 0.585. The molecule has 0 fully saturated rings. The molecule has 19 heavy (non-hydrogen) atoms. The van der Waals surface area contributed by atoms with Crippen molar-refractivity contribution >= 4 is 0 Å². The lowest BCUT2D eigenvalue weighted by molar-refractivity contribution is 0.259. The Hall–Kier alpha value is -1.61. The summed E-state index contributed by atoms with van der Waals surface area (Å²) in [4.78, 5) is 2.35. The van der Waals surface area contributed by atoms with Crippen molar-refractivity contribution < 1.29 is 0 Å². The number of benzene rings is 1. The number of likely N-dealkylation sites (N-methyl/N-ethyl adjacent to an activating group) is 1. The minimum Gasteiger partial charge on any atom is -0.299 e. The zero-order chi connectivity index (χ0) is 13.4. The van der Waals surface area contributed by atoms with Crippen molar-refractivity contribution in [2.45, 2.75) is 32.9 Å². The van der Waals surface area contributed by atoms with Crippen LogP contribution in [-0.4, -0.2) is 28.3 Å². The maximum Gasteiger partial charge on any atom is 0.0603 e. The van der Waals surface area contributed by atoms with Crippen molar-refractivity contribution in [1.29, 1.82) is 0 Å². The summed E-state index contributed by atoms with van der Waals surface area (Å²) in [5, 5.41) is 4.52. The fourth-order valence-corrected chi connectivity index (χ4v) is 2.66. The van der Waals surface area contributed by atoms with Crippen LogP contribution in [0.4, 0.5) is 0 Å². The third kappa shape index (κ3) is 2.30. The zero-order valence-corrected chi connectivity index (χ0v) is 11.9. The lowest BCUT2D eigenvalue weighted by Crippen LogP contribution is -2.30. The lowest BCUT2D eigenvalue weighted by atomic mass is 9.99. The second-order valence-electron chi connectivity index (χ2n) is 5.74. The quantitative estimate of drug-likeness (QED) is 0.822. The third-order valence-electron chi connectivity index (χ3n) is 3.95. The van der Waals surface area contributed by atoms with E-state index >= 15 is 0 Å². The Morgan fingerprint density at radius 2 is 1.84 bits per heavy atom. The first kappa shape index (κ1) is 12.4. The second kappa shape index (κ2) is 4.82. The number of rotatable bonds is 2. The Balaban J connectivity index is 1.96. The summed E-state index contributed by atoms with van der Waals surface area (Å²) in [7, 11) is 2.17. The summed E-state index contributed by atoms with van der Waals surface area (Å²) in [6, 6.07) is 8.91. The van der Waals surface area contributed by atoms with E-state index in [2.05, 4.69) is 59.8 Å². The molecule has 0 atom stereocenters. The molecule has 0 saturated carbocycles. The molecule has 0 aliphatic carbocycles. The predicted molar refractivity (Wildman–Crippen MR) is 78.1 cm³/mol. The van der Waals surface area contributed by atoms with E-state index in [-0.39, 0.29) is 0 Å². The fraction of sp³-hybridized carbons (Fsp3) is 0.438. The molecule has 100 valence electrons. The van der Waals surface area contributed by atoms with Gasteiger partial charge in [-0.15, -0.1) is 0 Å². The molecule has 0 unspecified atom stereocenters. The molecule has 2 aromatic rings. The molecule has 1 aromatic carbocycles. The van der Waals surface area contributed by atoms with E-state index in [9.17, 15) is 0 Å². The molecule has 0 bridgehead atoms. The summed E-state index contributed by atoms with van der Waals surface area (Å²) >= 11 is 0. The second-order valence-corrected chi connectivity index (χ2v) is 5.74. The van der Waals surface area contributed by atoms with Crippen LogP contribution in [0.15, 0.2) is 30.5 Å². The SMILES string of the molecule is CC(C)c1ccc(-c2cnn3c2CN(C)CC3)cc1. The highest BCUT2D eigenvalue weighted by atomic mass is 15.3. The van der Waals surface area contributed by atoms with Gasteiger partial charge < -0.3 is 0 Å². The van der Waals surface area contributed by atoms with E-state index in [4.69, 9.17) is 0 Å². The van der Waals surface area contributed by atoms with Crippen LogP contribution in [-0.2, 0) is 13.1 Å². The Morgan fingerprint density at radius 3 is 2.53 bits per heavy atom. The van der Waals surface area contributed by atoms with Crippen molar-refractivity contribution in [2.75, 3.05) is 13.6 Å². The first-order valence-electron chi connectivity index (χ1n) is 6.98. The standard InChI is InChI=1S/C16H21N3/c1-12(2)13-4-6-14(7-5-13)15-10-17-19-9-8-18(3)11-16(15)19/h4-7,10,12H,8-9,11H2,1-3H3. The van der Waals surface area contributed by atoms with Crippen LogP contribution in [0.2, 0.25) is 0 Å². The lowest BCUT2D eigenvalue weighted by Gasteiger charge is -2.24. The van der Waals surface area contributed by atoms with Crippen molar-refractivity contribution in [3.05, 3.63) is 41.7 Å². The van der Waals surface area contributed by atoms with Crippen LogP contribution in [0.1, 0.15) is 31.0 Å². The first-order valence-corrected chi connectivity index (χ1v) is 6.98. The van der Waals surface area contributed by atoms with E-state index in [1.165, 1.54) is 22.4 Å². The Labute approximate surface area is 114 Å². The smallest absolute Gasteiger partial charge is 0.0603 e. The van der Waals surface area contributed by atoms with E-state index in [1.54, 1.807) is 0 Å². The average molecular weight is 255 g/mol. The highest BCUT2D eigenvalue weighted by Crippen LogP contribution is 2.27. The van der Waals surface area contributed by atoms with Crippen molar-refractivity contribution in [3.8, 4) is 11.1 Å². The molecule has 3 heteroatoms. The fourth-order valence-electron chi connectivity index (χ4n) is 2.66. The van der Waals surface area contributed by atoms with Crippen LogP contribution in [0.5, 0.6) is 0 Å². The summed E-state index contributed by atoms with van der Waals surface area (Å²) in [6.07, 6.45) is 2.01. The van der Waals surface area contributed by atoms with Crippen LogP contribution in [0.3, 0.4) is 0 Å². The minimum atomic E-state index is 0.585. The maximum absolute atomic E-state index is 4.52. The van der Waals surface area contributed by atoms with Crippen molar-refractivity contribution in [1.82, 2.24) is 14.7 Å². The van der Waals surface area contributed by atoms with E-state index in [1.807, 2.05) is 6.20 Å². The molecule has 3 nitrogen and oxygen atoms in total. The van der Waals surface area contributed by atoms with Crippen LogP contribution in [0.25, 0.3) is 11.1 Å². The molecular weight excluding hydrogens is 234 g/mol. The number of aromatic nitrogens is 2. The van der Waals surface area contributed by atoms with E-state index < -0.39 is 0 Å². The molecular formula is C16H21N3. The van der Waals surface area contributed by atoms with Gasteiger partial charge in [-0.25, -0.2) is 0 Å². The van der Waals surface area contributed by atoms with Crippen LogP contribution in [0, 0.1) is 0 Å². The molecule has 1 aromatic heterocycles. The van der Waals surface area contributed by atoms with E-state index in [0.717, 1.165) is 19.6 Å². The van der Waals surface area contributed by atoms with Gasteiger partial charge in [0.05, 0.1) is 18.4 Å². The van der Waals surface area contributed by atoms with Crippen molar-refractivity contribution in [3.63, 3.8) is 0 Å². The highest BCUT2D eigenvalue weighted by molar-refractivity contribution is 5.65. The van der Waals surface area contributed by atoms with Gasteiger partial charge in [0.1, 0.15) is 0 Å². The topological polar surface area (TPSA) is 21.1 Å². The molecule has 0 saturated heterocycles. The van der Waals surface area contributed by atoms with Crippen LogP contribution >= 0.6 is 0 Å². The van der Waals surface area contributed by atoms with Crippen LogP contribution < -0.4 is 0 Å². The van der Waals surface area contributed by atoms with Gasteiger partial charge in [0.2, 0.25) is 0 Å². The molecule has 0 N–H and O–H groups in total. The first-order chi connectivity index (χ1) is 9.15. The predicted octanol–water partition coefficient (Wildman–Crippen LogP) is 3.12. The maximum atomic E-state index is 4.52. The minimum absolute atomic E-state index is 0.585. The van der Waals surface area contributed by atoms with Gasteiger partial charge in [-0.3, -0.25) is 9.58 Å². The molecule has 1 aliphatic heterocycles. The molecule has 0 radical (unpaired) electrons. The Kier molecular flexibility index (Phi) is 3.15. The van der Waals surface area contributed by atoms with Gasteiger partial charge in [-0.05, 0) is 24.1 Å². The summed E-state index contributed by atoms with van der Waals surface area (Å²) in [6.45, 7) is 7.52. The van der Waals surface area contributed by atoms with E-state index in [0.29, 0.717) is 5.92 Å². The van der Waals surface area contributed by atoms with Gasteiger partial charge >= 0.3 is 0 Å². The summed E-state index contributed by atoms with van der Waals surface area (Å²) < 4.78 is 2.14. The van der Waals surface area contributed by atoms with Gasteiger partial charge in [-0.1, -0.05) is 38.1 Å². The number of hydrogen-bond acceptors (Lipinski definition) is 2. The molecule has 0 amide bonds. The van der Waals surface area contributed by atoms with Crippen molar-refractivity contribution in [2.24, 2.45) is 0 Å². The largest absolute Gasteiger partial charge is 0.299 e. The van der Waals surface area contributed by atoms with Gasteiger partial charge in [0, 0.05) is 18.7 Å². The number of hydrogen-bond donors (Lipinski definition) is 0. The van der Waals surface area contributed by atoms with Gasteiger partial charge in [-0.2, -0.15) is 5.10 Å². The molecule has 2 heterocycles. The zero-order valence-electron chi connectivity index (χ0n) is 11.9. The van der Waals surface area contributed by atoms with Gasteiger partial charge in [0.25, 0.3) is 0 Å². The average Bonchev–Trinajstić information content (AvgIpc) is 2.81. The molecule has 3 rings (SSSR count). The molecule has 0 spiro atoms. The highest BCUT2D eigenvalue weighted by Gasteiger charge is 2.18. The number of nitrogens with zero attached hydrogens (tertiary/aromatic N) is 3. The summed E-state index contributed by atoms with van der Waals surface area (Å²) in [5.41, 5.74) is 5.29. The monoisotopic (exact) mass is 255 g/mol. The number of fused-ring (bicyclic) bond motifs is 1. The Bertz CT molecular complexity index is 566. The normalized spacial score (nSPS) is 15.8. The Morgan fingerprint density at radius 1 is 1.11 bits per heavy atom. The third-order valence-corrected chi connectivity index (χ3v) is 3.95. The van der Waals surface area contributed by atoms with Gasteiger partial charge in [0.15, 0.2) is 0 Å².